The first-order chi connectivity index (χ1) is 9.22. The van der Waals surface area contributed by atoms with Gasteiger partial charge in [-0.2, -0.15) is 0 Å². The van der Waals surface area contributed by atoms with E-state index in [0.717, 1.165) is 11.3 Å². The van der Waals surface area contributed by atoms with Crippen LogP contribution in [0.15, 0.2) is 40.4 Å². The predicted octanol–water partition coefficient (Wildman–Crippen LogP) is 1.67. The number of nitrogens with zero attached hydrogens (tertiary/aromatic N) is 1. The zero-order valence-electron chi connectivity index (χ0n) is 10.4. The first kappa shape index (κ1) is 11.7. The molecule has 1 saturated heterocycles. The highest BCUT2D eigenvalue weighted by atomic mass is 16.5. The molecule has 96 valence electrons. The van der Waals surface area contributed by atoms with E-state index in [2.05, 4.69) is 16.0 Å². The van der Waals surface area contributed by atoms with Gasteiger partial charge >= 0.3 is 0 Å². The average molecular weight is 255 g/mol. The molecule has 1 aliphatic rings. The number of carbonyl (C=O) groups is 1. The zero-order chi connectivity index (χ0) is 13.2. The van der Waals surface area contributed by atoms with Crippen molar-refractivity contribution >= 4 is 12.0 Å². The van der Waals surface area contributed by atoms with Gasteiger partial charge in [0.2, 0.25) is 0 Å². The largest absolute Gasteiger partial charge is 0.356 e. The Kier molecular flexibility index (Phi) is 2.89. The molecule has 5 nitrogen and oxygen atoms in total. The summed E-state index contributed by atoms with van der Waals surface area (Å²) in [6, 6.07) is 9.86. The summed E-state index contributed by atoms with van der Waals surface area (Å²) in [5.41, 5.74) is 8.86. The van der Waals surface area contributed by atoms with Gasteiger partial charge in [-0.3, -0.25) is 10.2 Å². The molecule has 0 spiro atoms. The van der Waals surface area contributed by atoms with Crippen LogP contribution in [0, 0.1) is 6.92 Å². The molecule has 0 radical (unpaired) electrons. The molecule has 1 amide bonds. The lowest BCUT2D eigenvalue weighted by Crippen LogP contribution is -2.25. The Morgan fingerprint density at radius 1 is 1.32 bits per heavy atom. The van der Waals surface area contributed by atoms with Crippen LogP contribution in [-0.4, -0.2) is 17.6 Å². The smallest absolute Gasteiger partial charge is 0.262 e. The number of carbonyl (C=O) groups excluding carboxylic acids is 1. The fourth-order valence-electron chi connectivity index (χ4n) is 1.89. The Morgan fingerprint density at radius 3 is 2.79 bits per heavy atom. The third-order valence-corrected chi connectivity index (χ3v) is 2.96. The molecule has 5 heteroatoms. The molecule has 0 bridgehead atoms. The van der Waals surface area contributed by atoms with Crippen molar-refractivity contribution in [2.24, 2.45) is 0 Å². The van der Waals surface area contributed by atoms with Crippen molar-refractivity contribution in [2.75, 3.05) is 6.54 Å². The lowest BCUT2D eigenvalue weighted by atomic mass is 10.1. The van der Waals surface area contributed by atoms with Gasteiger partial charge in [0.05, 0.1) is 0 Å². The van der Waals surface area contributed by atoms with Crippen LogP contribution < -0.4 is 10.9 Å². The molecule has 0 unspecified atom stereocenters. The molecule has 1 fully saturated rings. The Morgan fingerprint density at radius 2 is 2.11 bits per heavy atom. The fourth-order valence-corrected chi connectivity index (χ4v) is 1.89. The van der Waals surface area contributed by atoms with Crippen molar-refractivity contribution in [3.05, 3.63) is 47.2 Å². The summed E-state index contributed by atoms with van der Waals surface area (Å²) in [7, 11) is 0. The summed E-state index contributed by atoms with van der Waals surface area (Å²) >= 11 is 0. The molecular weight excluding hydrogens is 242 g/mol. The van der Waals surface area contributed by atoms with Crippen LogP contribution >= 0.6 is 0 Å². The summed E-state index contributed by atoms with van der Waals surface area (Å²) in [6.07, 6.45) is 1.69. The second-order valence-corrected chi connectivity index (χ2v) is 4.46. The van der Waals surface area contributed by atoms with Gasteiger partial charge in [0.1, 0.15) is 5.69 Å². The number of nitrogens with one attached hydrogen (secondary N) is 2. The van der Waals surface area contributed by atoms with Gasteiger partial charge in [0.15, 0.2) is 5.76 Å². The van der Waals surface area contributed by atoms with E-state index < -0.39 is 0 Å². The molecule has 1 aromatic carbocycles. The second kappa shape index (κ2) is 4.70. The Bertz CT molecular complexity index is 641. The maximum absolute atomic E-state index is 11.4. The molecule has 1 aliphatic heterocycles. The lowest BCUT2D eigenvalue weighted by Gasteiger charge is -1.95. The minimum Gasteiger partial charge on any atom is -0.356 e. The fraction of sp³-hybridized carbons (Fsp3) is 0.143. The van der Waals surface area contributed by atoms with Crippen LogP contribution in [0.1, 0.15) is 11.3 Å². The summed E-state index contributed by atoms with van der Waals surface area (Å²) < 4.78 is 5.23. The summed E-state index contributed by atoms with van der Waals surface area (Å²) in [4.78, 5) is 11.4. The highest BCUT2D eigenvalue weighted by Gasteiger charge is 2.16. The van der Waals surface area contributed by atoms with E-state index in [1.54, 1.807) is 6.08 Å². The lowest BCUT2D eigenvalue weighted by molar-refractivity contribution is -0.116. The maximum atomic E-state index is 11.4. The minimum atomic E-state index is -0.131. The van der Waals surface area contributed by atoms with Gasteiger partial charge in [-0.05, 0) is 13.0 Å². The average Bonchev–Trinajstić information content (AvgIpc) is 3.01. The van der Waals surface area contributed by atoms with Gasteiger partial charge in [-0.1, -0.05) is 35.0 Å². The second-order valence-electron chi connectivity index (χ2n) is 4.46. The first-order valence-corrected chi connectivity index (χ1v) is 6.00. The van der Waals surface area contributed by atoms with E-state index in [1.807, 2.05) is 37.3 Å². The van der Waals surface area contributed by atoms with Crippen molar-refractivity contribution in [1.82, 2.24) is 16.0 Å². The molecule has 3 rings (SSSR count). The van der Waals surface area contributed by atoms with Crippen LogP contribution in [0.25, 0.3) is 17.3 Å². The number of aromatic nitrogens is 1. The van der Waals surface area contributed by atoms with Crippen molar-refractivity contribution in [3.8, 4) is 11.3 Å². The topological polar surface area (TPSA) is 67.2 Å². The standard InChI is InChI=1S/C14H13N3O2/c1-9-2-4-10(5-3-9)13-7-12(19-17-13)6-11-8-15-16-14(11)18/h2-7,15H,8H2,1H3,(H,16,18)/b11-6-. The number of hydrazine groups is 1. The summed E-state index contributed by atoms with van der Waals surface area (Å²) in [5.74, 6) is 0.442. The minimum absolute atomic E-state index is 0.131. The van der Waals surface area contributed by atoms with Crippen molar-refractivity contribution in [2.45, 2.75) is 6.92 Å². The monoisotopic (exact) mass is 255 g/mol. The quantitative estimate of drug-likeness (QED) is 0.801. The SMILES string of the molecule is Cc1ccc(-c2cc(/C=C3/CNNC3=O)on2)cc1. The third-order valence-electron chi connectivity index (χ3n) is 2.96. The predicted molar refractivity (Wildman–Crippen MR) is 70.8 cm³/mol. The van der Waals surface area contributed by atoms with Gasteiger partial charge in [0, 0.05) is 23.7 Å². The van der Waals surface area contributed by atoms with Crippen LogP contribution in [0.4, 0.5) is 0 Å². The maximum Gasteiger partial charge on any atom is 0.262 e. The van der Waals surface area contributed by atoms with E-state index in [0.29, 0.717) is 17.9 Å². The molecule has 0 atom stereocenters. The van der Waals surface area contributed by atoms with Crippen molar-refractivity contribution in [3.63, 3.8) is 0 Å². The molecule has 0 aliphatic carbocycles. The number of amides is 1. The van der Waals surface area contributed by atoms with Crippen molar-refractivity contribution < 1.29 is 9.32 Å². The van der Waals surface area contributed by atoms with E-state index in [4.69, 9.17) is 4.52 Å². The summed E-state index contributed by atoms with van der Waals surface area (Å²) in [5, 5.41) is 4.01. The van der Waals surface area contributed by atoms with E-state index in [9.17, 15) is 4.79 Å². The highest BCUT2D eigenvalue weighted by molar-refractivity contribution is 5.99. The number of hydrogen-bond acceptors (Lipinski definition) is 4. The van der Waals surface area contributed by atoms with Gasteiger partial charge < -0.3 is 4.52 Å². The number of rotatable bonds is 2. The normalized spacial score (nSPS) is 16.9. The molecule has 19 heavy (non-hydrogen) atoms. The third kappa shape index (κ3) is 2.41. The number of aryl methyl sites for hydroxylation is 1. The van der Waals surface area contributed by atoms with Crippen molar-refractivity contribution in [1.29, 1.82) is 0 Å². The Hall–Kier alpha value is -2.40. The molecule has 2 N–H and O–H groups in total. The Balaban J connectivity index is 1.87. The van der Waals surface area contributed by atoms with Crippen LogP contribution in [0.2, 0.25) is 0 Å². The molecule has 0 saturated carbocycles. The van der Waals surface area contributed by atoms with Crippen LogP contribution in [0.3, 0.4) is 0 Å². The van der Waals surface area contributed by atoms with Gasteiger partial charge in [-0.25, -0.2) is 5.43 Å². The van der Waals surface area contributed by atoms with Crippen LogP contribution in [0.5, 0.6) is 0 Å². The van der Waals surface area contributed by atoms with E-state index >= 15 is 0 Å². The van der Waals surface area contributed by atoms with E-state index in [1.165, 1.54) is 5.56 Å². The Labute approximate surface area is 110 Å². The van der Waals surface area contributed by atoms with Gasteiger partial charge in [0.25, 0.3) is 5.91 Å². The van der Waals surface area contributed by atoms with Gasteiger partial charge in [-0.15, -0.1) is 0 Å². The molecule has 2 aromatic rings. The number of benzene rings is 1. The molecule has 2 heterocycles. The van der Waals surface area contributed by atoms with E-state index in [-0.39, 0.29) is 5.91 Å². The number of hydrogen-bond donors (Lipinski definition) is 2. The first-order valence-electron chi connectivity index (χ1n) is 6.00. The zero-order valence-corrected chi connectivity index (χ0v) is 10.4. The molecular formula is C14H13N3O2. The molecule has 1 aromatic heterocycles. The summed E-state index contributed by atoms with van der Waals surface area (Å²) in [6.45, 7) is 2.52. The van der Waals surface area contributed by atoms with Crippen LogP contribution in [-0.2, 0) is 4.79 Å². The highest BCUT2D eigenvalue weighted by Crippen LogP contribution is 2.21.